The van der Waals surface area contributed by atoms with E-state index in [2.05, 4.69) is 0 Å². The summed E-state index contributed by atoms with van der Waals surface area (Å²) in [6, 6.07) is 10.1. The van der Waals surface area contributed by atoms with Crippen LogP contribution in [0.4, 0.5) is 0 Å². The van der Waals surface area contributed by atoms with Crippen molar-refractivity contribution in [2.45, 2.75) is 42.8 Å². The van der Waals surface area contributed by atoms with E-state index in [1.54, 1.807) is 11.8 Å². The first-order valence-electron chi connectivity index (χ1n) is 6.03. The lowest BCUT2D eigenvalue weighted by Gasteiger charge is -2.18. The van der Waals surface area contributed by atoms with Crippen molar-refractivity contribution in [3.05, 3.63) is 41.3 Å². The SMILES string of the molecule is CC1(C)O[C@@H]2[C@H](O1)C(Sc1ccccc1)=C[C@@H]2O. The fourth-order valence-electron chi connectivity index (χ4n) is 2.33. The highest BCUT2D eigenvalue weighted by molar-refractivity contribution is 8.03. The largest absolute Gasteiger partial charge is 0.386 e. The molecular weight excluding hydrogens is 248 g/mol. The zero-order valence-corrected chi connectivity index (χ0v) is 11.2. The van der Waals surface area contributed by atoms with Crippen LogP contribution in [0.5, 0.6) is 0 Å². The molecular formula is C14H16O3S. The molecule has 3 rings (SSSR count). The van der Waals surface area contributed by atoms with E-state index in [0.29, 0.717) is 0 Å². The molecule has 3 nitrogen and oxygen atoms in total. The topological polar surface area (TPSA) is 38.7 Å². The summed E-state index contributed by atoms with van der Waals surface area (Å²) in [5.41, 5.74) is 0. The van der Waals surface area contributed by atoms with Gasteiger partial charge in [-0.1, -0.05) is 30.0 Å². The zero-order chi connectivity index (χ0) is 12.8. The molecule has 1 saturated heterocycles. The second kappa shape index (κ2) is 4.38. The molecule has 1 aliphatic carbocycles. The smallest absolute Gasteiger partial charge is 0.164 e. The van der Waals surface area contributed by atoms with Gasteiger partial charge in [-0.2, -0.15) is 0 Å². The second-order valence-electron chi connectivity index (χ2n) is 5.00. The molecule has 2 aliphatic rings. The maximum absolute atomic E-state index is 9.99. The van der Waals surface area contributed by atoms with Crippen molar-refractivity contribution in [1.82, 2.24) is 0 Å². The first kappa shape index (κ1) is 12.2. The first-order chi connectivity index (χ1) is 8.55. The highest BCUT2D eigenvalue weighted by Crippen LogP contribution is 2.44. The van der Waals surface area contributed by atoms with Crippen molar-refractivity contribution >= 4 is 11.8 Å². The van der Waals surface area contributed by atoms with Gasteiger partial charge in [-0.25, -0.2) is 0 Å². The van der Waals surface area contributed by atoms with Gasteiger partial charge in [-0.05, 0) is 32.1 Å². The number of fused-ring (bicyclic) bond motifs is 1. The fourth-order valence-corrected chi connectivity index (χ4v) is 3.40. The maximum Gasteiger partial charge on any atom is 0.164 e. The van der Waals surface area contributed by atoms with Crippen molar-refractivity contribution in [3.8, 4) is 0 Å². The number of aliphatic hydroxyl groups excluding tert-OH is 1. The van der Waals surface area contributed by atoms with Gasteiger partial charge in [0.25, 0.3) is 0 Å². The minimum atomic E-state index is -0.618. The van der Waals surface area contributed by atoms with Crippen LogP contribution in [0.25, 0.3) is 0 Å². The Hall–Kier alpha value is -0.810. The van der Waals surface area contributed by atoms with Gasteiger partial charge in [0.05, 0.1) is 0 Å². The minimum absolute atomic E-state index is 0.153. The summed E-state index contributed by atoms with van der Waals surface area (Å²) in [6.07, 6.45) is 0.830. The predicted octanol–water partition coefficient (Wildman–Crippen LogP) is 2.56. The molecule has 1 aliphatic heterocycles. The van der Waals surface area contributed by atoms with Crippen LogP contribution >= 0.6 is 11.8 Å². The summed E-state index contributed by atoms with van der Waals surface area (Å²) < 4.78 is 11.6. The van der Waals surface area contributed by atoms with Crippen molar-refractivity contribution < 1.29 is 14.6 Å². The van der Waals surface area contributed by atoms with Gasteiger partial charge in [0.15, 0.2) is 5.79 Å². The van der Waals surface area contributed by atoms with E-state index < -0.39 is 11.9 Å². The minimum Gasteiger partial charge on any atom is -0.386 e. The van der Waals surface area contributed by atoms with Gasteiger partial charge in [-0.3, -0.25) is 0 Å². The lowest BCUT2D eigenvalue weighted by molar-refractivity contribution is -0.152. The van der Waals surface area contributed by atoms with Crippen LogP contribution in [0.3, 0.4) is 0 Å². The van der Waals surface area contributed by atoms with E-state index in [0.717, 1.165) is 9.80 Å². The number of benzene rings is 1. The van der Waals surface area contributed by atoms with Crippen molar-refractivity contribution in [2.24, 2.45) is 0 Å². The molecule has 0 aromatic heterocycles. The second-order valence-corrected chi connectivity index (χ2v) is 6.14. The van der Waals surface area contributed by atoms with Crippen molar-refractivity contribution in [1.29, 1.82) is 0 Å². The molecule has 0 bridgehead atoms. The molecule has 18 heavy (non-hydrogen) atoms. The average Bonchev–Trinajstić information content (AvgIpc) is 2.77. The molecule has 1 aromatic carbocycles. The van der Waals surface area contributed by atoms with E-state index in [1.165, 1.54) is 0 Å². The predicted molar refractivity (Wildman–Crippen MR) is 70.2 cm³/mol. The summed E-state index contributed by atoms with van der Waals surface area (Å²) in [6.45, 7) is 3.76. The average molecular weight is 264 g/mol. The maximum atomic E-state index is 9.99. The summed E-state index contributed by atoms with van der Waals surface area (Å²) in [5, 5.41) is 9.99. The van der Waals surface area contributed by atoms with Crippen LogP contribution < -0.4 is 0 Å². The van der Waals surface area contributed by atoms with E-state index >= 15 is 0 Å². The van der Waals surface area contributed by atoms with Crippen LogP contribution in [0, 0.1) is 0 Å². The molecule has 4 heteroatoms. The lowest BCUT2D eigenvalue weighted by atomic mass is 10.2. The standard InChI is InChI=1S/C14H16O3S/c1-14(2)16-12-10(15)8-11(13(12)17-14)18-9-6-4-3-5-7-9/h3-8,10,12-13,15H,1-2H3/t10-,12-,13+/m0/s1. The third-order valence-corrected chi connectivity index (χ3v) is 4.17. The monoisotopic (exact) mass is 264 g/mol. The molecule has 0 amide bonds. The lowest BCUT2D eigenvalue weighted by Crippen LogP contribution is -2.28. The first-order valence-corrected chi connectivity index (χ1v) is 6.85. The molecule has 1 fully saturated rings. The Balaban J connectivity index is 1.80. The van der Waals surface area contributed by atoms with E-state index in [4.69, 9.17) is 9.47 Å². The summed E-state index contributed by atoms with van der Waals surface area (Å²) in [4.78, 5) is 2.18. The third-order valence-electron chi connectivity index (χ3n) is 3.06. The molecule has 1 aromatic rings. The Kier molecular flexibility index (Phi) is 2.98. The van der Waals surface area contributed by atoms with Crippen molar-refractivity contribution in [2.75, 3.05) is 0 Å². The summed E-state index contributed by atoms with van der Waals surface area (Å²) in [5.74, 6) is -0.618. The normalized spacial score (nSPS) is 33.3. The summed E-state index contributed by atoms with van der Waals surface area (Å²) >= 11 is 1.63. The number of aliphatic hydroxyl groups is 1. The van der Waals surface area contributed by atoms with E-state index in [1.807, 2.05) is 50.3 Å². The van der Waals surface area contributed by atoms with Crippen molar-refractivity contribution in [3.63, 3.8) is 0 Å². The van der Waals surface area contributed by atoms with Gasteiger partial charge in [0.1, 0.15) is 18.3 Å². The van der Waals surface area contributed by atoms with Gasteiger partial charge in [0.2, 0.25) is 0 Å². The molecule has 0 unspecified atom stereocenters. The number of hydrogen-bond donors (Lipinski definition) is 1. The van der Waals surface area contributed by atoms with Crippen LogP contribution in [0.15, 0.2) is 46.2 Å². The van der Waals surface area contributed by atoms with E-state index in [-0.39, 0.29) is 12.2 Å². The highest BCUT2D eigenvalue weighted by atomic mass is 32.2. The highest BCUT2D eigenvalue weighted by Gasteiger charge is 2.49. The molecule has 1 N–H and O–H groups in total. The Morgan fingerprint density at radius 3 is 2.61 bits per heavy atom. The van der Waals surface area contributed by atoms with Gasteiger partial charge < -0.3 is 14.6 Å². The Labute approximate surface area is 111 Å². The number of thioether (sulfide) groups is 1. The van der Waals surface area contributed by atoms with E-state index in [9.17, 15) is 5.11 Å². The van der Waals surface area contributed by atoms with Crippen LogP contribution in [-0.2, 0) is 9.47 Å². The quantitative estimate of drug-likeness (QED) is 0.891. The molecule has 0 saturated carbocycles. The molecule has 0 spiro atoms. The molecule has 96 valence electrons. The van der Waals surface area contributed by atoms with Gasteiger partial charge >= 0.3 is 0 Å². The Morgan fingerprint density at radius 1 is 1.17 bits per heavy atom. The molecule has 1 heterocycles. The van der Waals surface area contributed by atoms with Crippen LogP contribution in [0.2, 0.25) is 0 Å². The number of rotatable bonds is 2. The van der Waals surface area contributed by atoms with Gasteiger partial charge in [-0.15, -0.1) is 0 Å². The Morgan fingerprint density at radius 2 is 1.89 bits per heavy atom. The van der Waals surface area contributed by atoms with Gasteiger partial charge in [0, 0.05) is 9.80 Å². The third kappa shape index (κ3) is 2.21. The fraction of sp³-hybridized carbons (Fsp3) is 0.429. The van der Waals surface area contributed by atoms with Crippen LogP contribution in [-0.4, -0.2) is 29.2 Å². The number of ether oxygens (including phenoxy) is 2. The zero-order valence-electron chi connectivity index (χ0n) is 10.4. The summed E-state index contributed by atoms with van der Waals surface area (Å²) in [7, 11) is 0. The Bertz CT molecular complexity index is 469. The number of hydrogen-bond acceptors (Lipinski definition) is 4. The van der Waals surface area contributed by atoms with Crippen LogP contribution in [0.1, 0.15) is 13.8 Å². The molecule has 3 atom stereocenters. The molecule has 0 radical (unpaired) electrons.